The zero-order chi connectivity index (χ0) is 34.6. The lowest BCUT2D eigenvalue weighted by atomic mass is 9.84. The van der Waals surface area contributed by atoms with Crippen LogP contribution in [0, 0.1) is 17.6 Å². The molecule has 13 heteroatoms. The molecule has 0 unspecified atom stereocenters. The maximum absolute atomic E-state index is 13.8. The Morgan fingerprint density at radius 1 is 0.894 bits per heavy atom. The van der Waals surface area contributed by atoms with E-state index < -0.39 is 51.7 Å². The van der Waals surface area contributed by atoms with Crippen molar-refractivity contribution in [1.29, 1.82) is 0 Å². The first-order valence-corrected chi connectivity index (χ1v) is 16.9. The largest absolute Gasteiger partial charge is 0.453 e. The maximum Gasteiger partial charge on any atom is 0.407 e. The third-order valence-electron chi connectivity index (χ3n) is 7.83. The Morgan fingerprint density at radius 2 is 1.45 bits per heavy atom. The van der Waals surface area contributed by atoms with Gasteiger partial charge in [0, 0.05) is 30.7 Å². The van der Waals surface area contributed by atoms with E-state index in [0.29, 0.717) is 42.5 Å². The first kappa shape index (κ1) is 37.4. The number of hydrogen-bond acceptors (Lipinski definition) is 7. The molecule has 0 aliphatic carbocycles. The smallest absolute Gasteiger partial charge is 0.407 e. The van der Waals surface area contributed by atoms with Gasteiger partial charge in [-0.2, -0.15) is 4.31 Å². The van der Waals surface area contributed by atoms with Crippen LogP contribution >= 0.6 is 0 Å². The Balaban J connectivity index is 1.74. The highest BCUT2D eigenvalue weighted by Crippen LogP contribution is 2.29. The molecular formula is C34H44F2N4O6S. The van der Waals surface area contributed by atoms with E-state index in [1.165, 1.54) is 77.1 Å². The van der Waals surface area contributed by atoms with Crippen LogP contribution in [0.5, 0.6) is 0 Å². The number of methoxy groups -OCH3 is 1. The molecule has 0 heterocycles. The van der Waals surface area contributed by atoms with Crippen molar-refractivity contribution in [3.8, 4) is 0 Å². The fourth-order valence-corrected chi connectivity index (χ4v) is 6.88. The number of aliphatic hydroxyl groups is 1. The number of nitrogens with two attached hydrogens (primary N) is 1. The second-order valence-electron chi connectivity index (χ2n) is 11.7. The average Bonchev–Trinajstić information content (AvgIpc) is 3.04. The summed E-state index contributed by atoms with van der Waals surface area (Å²) in [5.41, 5.74) is 7.19. The molecule has 3 aromatic rings. The van der Waals surface area contributed by atoms with Crippen LogP contribution in [0.1, 0.15) is 56.6 Å². The highest BCUT2D eigenvalue weighted by molar-refractivity contribution is 7.89. The van der Waals surface area contributed by atoms with Crippen molar-refractivity contribution in [2.75, 3.05) is 32.5 Å². The maximum atomic E-state index is 13.8. The van der Waals surface area contributed by atoms with Gasteiger partial charge in [-0.25, -0.2) is 22.0 Å². The first-order valence-electron chi connectivity index (χ1n) is 15.5. The molecule has 0 spiro atoms. The Kier molecular flexibility index (Phi) is 14.1. The Hall–Kier alpha value is -4.07. The van der Waals surface area contributed by atoms with Crippen LogP contribution in [0.15, 0.2) is 77.7 Å². The minimum atomic E-state index is -3.92. The van der Waals surface area contributed by atoms with Crippen LogP contribution < -0.4 is 16.4 Å². The van der Waals surface area contributed by atoms with E-state index in [1.807, 2.05) is 13.8 Å². The van der Waals surface area contributed by atoms with Gasteiger partial charge < -0.3 is 26.2 Å². The van der Waals surface area contributed by atoms with Gasteiger partial charge in [0.25, 0.3) is 0 Å². The summed E-state index contributed by atoms with van der Waals surface area (Å²) in [6.07, 6.45) is 0.962. The van der Waals surface area contributed by atoms with E-state index in [4.69, 9.17) is 10.5 Å². The summed E-state index contributed by atoms with van der Waals surface area (Å²) in [5.74, 6) is -2.12. The van der Waals surface area contributed by atoms with Gasteiger partial charge in [-0.3, -0.25) is 4.79 Å². The molecule has 0 saturated heterocycles. The van der Waals surface area contributed by atoms with Gasteiger partial charge in [0.15, 0.2) is 0 Å². The second kappa shape index (κ2) is 17.7. The van der Waals surface area contributed by atoms with E-state index in [2.05, 4.69) is 10.6 Å². The van der Waals surface area contributed by atoms with Gasteiger partial charge in [-0.05, 0) is 84.8 Å². The molecule has 2 amide bonds. The van der Waals surface area contributed by atoms with Crippen molar-refractivity contribution in [2.24, 2.45) is 5.92 Å². The summed E-state index contributed by atoms with van der Waals surface area (Å²) < 4.78 is 60.8. The normalized spacial score (nSPS) is 13.0. The first-order chi connectivity index (χ1) is 22.4. The number of rotatable bonds is 17. The molecular weight excluding hydrogens is 630 g/mol. The lowest BCUT2D eigenvalue weighted by Gasteiger charge is -2.30. The van der Waals surface area contributed by atoms with Gasteiger partial charge >= 0.3 is 6.09 Å². The molecule has 0 aromatic heterocycles. The van der Waals surface area contributed by atoms with Gasteiger partial charge in [0.2, 0.25) is 15.9 Å². The topological polar surface area (TPSA) is 151 Å². The number of unbranched alkanes of at least 4 members (excludes halogenated alkanes) is 1. The zero-order valence-electron chi connectivity index (χ0n) is 26.9. The van der Waals surface area contributed by atoms with Crippen molar-refractivity contribution in [3.05, 3.63) is 95.6 Å². The molecule has 0 aliphatic rings. The molecule has 47 heavy (non-hydrogen) atoms. The predicted octanol–water partition coefficient (Wildman–Crippen LogP) is 4.79. The fraction of sp³-hybridized carbons (Fsp3) is 0.412. The molecule has 2 atom stereocenters. The summed E-state index contributed by atoms with van der Waals surface area (Å²) in [6.45, 7) is 3.99. The number of alkyl carbamates (subject to hydrolysis) is 1. The van der Waals surface area contributed by atoms with Gasteiger partial charge in [-0.1, -0.05) is 44.5 Å². The Bertz CT molecular complexity index is 1490. The Morgan fingerprint density at radius 3 is 1.94 bits per heavy atom. The number of halogens is 2. The highest BCUT2D eigenvalue weighted by Gasteiger charge is 2.34. The van der Waals surface area contributed by atoms with Crippen LogP contribution in [0.25, 0.3) is 0 Å². The van der Waals surface area contributed by atoms with Gasteiger partial charge in [0.1, 0.15) is 17.7 Å². The van der Waals surface area contributed by atoms with Crippen molar-refractivity contribution in [2.45, 2.75) is 62.4 Å². The van der Waals surface area contributed by atoms with E-state index in [-0.39, 0.29) is 30.5 Å². The molecule has 0 bridgehead atoms. The number of benzene rings is 3. The molecule has 0 fully saturated rings. The zero-order valence-corrected chi connectivity index (χ0v) is 27.7. The number of carbonyl (C=O) groups is 2. The molecule has 0 aliphatic heterocycles. The number of sulfonamides is 1. The molecule has 5 N–H and O–H groups in total. The van der Waals surface area contributed by atoms with E-state index in [9.17, 15) is 31.9 Å². The molecule has 3 aromatic carbocycles. The monoisotopic (exact) mass is 674 g/mol. The molecule has 256 valence electrons. The summed E-state index contributed by atoms with van der Waals surface area (Å²) >= 11 is 0. The summed E-state index contributed by atoms with van der Waals surface area (Å²) in [6, 6.07) is 14.9. The lowest BCUT2D eigenvalue weighted by molar-refractivity contribution is -0.123. The van der Waals surface area contributed by atoms with Crippen LogP contribution in [-0.2, 0) is 19.6 Å². The highest BCUT2D eigenvalue weighted by atomic mass is 32.2. The van der Waals surface area contributed by atoms with Gasteiger partial charge in [-0.15, -0.1) is 0 Å². The standard InChI is InChI=1S/C34H44F2N4O6S/c1-23(2)19-21-40(47(44,45)30-17-15-28(37)16-18-30)29(22-41)6-4-5-20-38-33(42)32(39-34(43)46-3)31(24-7-11-26(35)12-8-24)25-9-13-27(36)14-10-25/h7-18,23,29,31-32,41H,4-6,19-22,37H2,1-3H3,(H,38,42)(H,39,43)/t29-,32-/m0/s1. The van der Waals surface area contributed by atoms with Crippen LogP contribution in [0.3, 0.4) is 0 Å². The fourth-order valence-electron chi connectivity index (χ4n) is 5.22. The van der Waals surface area contributed by atoms with Crippen molar-refractivity contribution in [1.82, 2.24) is 14.9 Å². The minimum Gasteiger partial charge on any atom is -0.453 e. The van der Waals surface area contributed by atoms with Crippen LogP contribution in [-0.4, -0.2) is 68.7 Å². The number of anilines is 1. The van der Waals surface area contributed by atoms with Crippen molar-refractivity contribution >= 4 is 27.7 Å². The van der Waals surface area contributed by atoms with Crippen molar-refractivity contribution < 1.29 is 36.6 Å². The third kappa shape index (κ3) is 10.7. The molecule has 0 radical (unpaired) electrons. The number of amides is 2. The number of carbonyl (C=O) groups excluding carboxylic acids is 2. The van der Waals surface area contributed by atoms with Gasteiger partial charge in [0.05, 0.1) is 18.6 Å². The number of nitrogens with one attached hydrogen (secondary N) is 2. The van der Waals surface area contributed by atoms with E-state index in [0.717, 1.165) is 7.11 Å². The van der Waals surface area contributed by atoms with E-state index >= 15 is 0 Å². The quantitative estimate of drug-likeness (QED) is 0.119. The van der Waals surface area contributed by atoms with Crippen LogP contribution in [0.2, 0.25) is 0 Å². The minimum absolute atomic E-state index is 0.0854. The summed E-state index contributed by atoms with van der Waals surface area (Å²) in [4.78, 5) is 26.0. The number of nitrogen functional groups attached to an aromatic ring is 1. The number of aliphatic hydroxyl groups excluding tert-OH is 1. The Labute approximate surface area is 275 Å². The molecule has 3 rings (SSSR count). The SMILES string of the molecule is COC(=O)N[C@H](C(=O)NCCCC[C@@H](CO)N(CCC(C)C)S(=O)(=O)c1ccc(N)cc1)C(c1ccc(F)cc1)c1ccc(F)cc1. The summed E-state index contributed by atoms with van der Waals surface area (Å²) in [5, 5.41) is 15.6. The summed E-state index contributed by atoms with van der Waals surface area (Å²) in [7, 11) is -2.77. The van der Waals surface area contributed by atoms with E-state index in [1.54, 1.807) is 0 Å². The number of nitrogens with zero attached hydrogens (tertiary/aromatic N) is 1. The lowest BCUT2D eigenvalue weighted by Crippen LogP contribution is -2.50. The second-order valence-corrected chi connectivity index (χ2v) is 13.6. The average molecular weight is 675 g/mol. The number of ether oxygens (including phenoxy) is 1. The van der Waals surface area contributed by atoms with Crippen LogP contribution in [0.4, 0.5) is 19.3 Å². The predicted molar refractivity (Wildman–Crippen MR) is 176 cm³/mol. The molecule has 0 saturated carbocycles. The van der Waals surface area contributed by atoms with Crippen molar-refractivity contribution in [3.63, 3.8) is 0 Å². The number of hydrogen-bond donors (Lipinski definition) is 4. The molecule has 10 nitrogen and oxygen atoms in total. The third-order valence-corrected chi connectivity index (χ3v) is 9.79.